The van der Waals surface area contributed by atoms with Crippen LogP contribution in [0.25, 0.3) is 0 Å². The summed E-state index contributed by atoms with van der Waals surface area (Å²) < 4.78 is 0. The summed E-state index contributed by atoms with van der Waals surface area (Å²) in [6.07, 6.45) is 1.55. The Balaban J connectivity index is 1.82. The molecule has 38 heavy (non-hydrogen) atoms. The maximum atomic E-state index is 13.5. The van der Waals surface area contributed by atoms with E-state index in [-0.39, 0.29) is 36.0 Å². The van der Waals surface area contributed by atoms with Crippen molar-refractivity contribution in [2.75, 3.05) is 12.3 Å². The van der Waals surface area contributed by atoms with E-state index in [1.54, 1.807) is 24.3 Å². The Hall–Kier alpha value is -3.77. The lowest BCUT2D eigenvalue weighted by Gasteiger charge is -2.25. The molecule has 2 aromatic rings. The number of phenolic OH excluding ortho intramolecular Hbond substituents is 2. The molecule has 0 bridgehead atoms. The van der Waals surface area contributed by atoms with Gasteiger partial charge in [0, 0.05) is 18.6 Å². The molecule has 11 nitrogen and oxygen atoms in total. The lowest BCUT2D eigenvalue weighted by atomic mass is 10.0. The van der Waals surface area contributed by atoms with Crippen LogP contribution >= 0.6 is 12.6 Å². The average molecular weight is 545 g/mol. The molecule has 1 saturated heterocycles. The van der Waals surface area contributed by atoms with E-state index in [1.165, 1.54) is 24.3 Å². The third-order valence-corrected chi connectivity index (χ3v) is 6.56. The number of carbonyl (C=O) groups is 4. The van der Waals surface area contributed by atoms with Gasteiger partial charge in [0.15, 0.2) is 0 Å². The molecule has 0 radical (unpaired) electrons. The van der Waals surface area contributed by atoms with Gasteiger partial charge in [0.05, 0.1) is 6.04 Å². The molecular weight excluding hydrogens is 512 g/mol. The summed E-state index contributed by atoms with van der Waals surface area (Å²) in [6.45, 7) is 0.692. The molecule has 4 unspecified atom stereocenters. The molecule has 7 N–H and O–H groups in total. The Kier molecular flexibility index (Phi) is 10.4. The fourth-order valence-corrected chi connectivity index (χ4v) is 4.31. The number of rotatable bonds is 12. The number of aliphatic carboxylic acids is 1. The first-order valence-corrected chi connectivity index (χ1v) is 12.8. The van der Waals surface area contributed by atoms with Crippen molar-refractivity contribution in [3.05, 3.63) is 59.7 Å². The van der Waals surface area contributed by atoms with Gasteiger partial charge in [-0.25, -0.2) is 4.79 Å². The summed E-state index contributed by atoms with van der Waals surface area (Å²) in [4.78, 5) is 50.8. The molecule has 1 heterocycles. The molecule has 0 saturated carbocycles. The second-order valence-electron chi connectivity index (χ2n) is 9.09. The Morgan fingerprint density at radius 2 is 1.29 bits per heavy atom. The molecule has 2 aromatic carbocycles. The highest BCUT2D eigenvalue weighted by Crippen LogP contribution is 2.14. The number of hydrogen-bond acceptors (Lipinski definition) is 8. The van der Waals surface area contributed by atoms with Gasteiger partial charge in [-0.15, -0.1) is 0 Å². The van der Waals surface area contributed by atoms with Crippen molar-refractivity contribution in [2.45, 2.75) is 49.9 Å². The van der Waals surface area contributed by atoms with Gasteiger partial charge >= 0.3 is 5.97 Å². The highest BCUT2D eigenvalue weighted by molar-refractivity contribution is 7.80. The summed E-state index contributed by atoms with van der Waals surface area (Å²) in [6, 6.07) is 8.27. The van der Waals surface area contributed by atoms with E-state index in [9.17, 15) is 34.5 Å². The molecular formula is C26H32N4O7S. The Morgan fingerprint density at radius 3 is 1.71 bits per heavy atom. The Bertz CT molecular complexity index is 1120. The van der Waals surface area contributed by atoms with E-state index in [4.69, 9.17) is 0 Å². The number of carbonyl (C=O) groups excluding carboxylic acids is 3. The molecule has 4 atom stereocenters. The van der Waals surface area contributed by atoms with Crippen LogP contribution in [-0.2, 0) is 32.0 Å². The predicted molar refractivity (Wildman–Crippen MR) is 142 cm³/mol. The molecule has 0 spiro atoms. The third kappa shape index (κ3) is 8.38. The largest absolute Gasteiger partial charge is 0.508 e. The summed E-state index contributed by atoms with van der Waals surface area (Å²) in [5, 5.41) is 39.4. The molecule has 0 aliphatic carbocycles. The number of nitrogens with one attached hydrogen (secondary N) is 4. The number of carboxylic acids is 1. The van der Waals surface area contributed by atoms with Gasteiger partial charge < -0.3 is 36.6 Å². The molecule has 3 amide bonds. The minimum atomic E-state index is -1.27. The molecule has 1 fully saturated rings. The van der Waals surface area contributed by atoms with Crippen LogP contribution in [-0.4, -0.2) is 75.5 Å². The van der Waals surface area contributed by atoms with Gasteiger partial charge in [-0.3, -0.25) is 14.4 Å². The number of aromatic hydroxyl groups is 2. The number of hydrogen-bond donors (Lipinski definition) is 8. The summed E-state index contributed by atoms with van der Waals surface area (Å²) >= 11 is 3.97. The van der Waals surface area contributed by atoms with Gasteiger partial charge in [0.2, 0.25) is 17.7 Å². The molecule has 1 aliphatic heterocycles. The van der Waals surface area contributed by atoms with Crippen molar-refractivity contribution in [3.8, 4) is 11.5 Å². The normalized spacial score (nSPS) is 17.1. The summed E-state index contributed by atoms with van der Waals surface area (Å²) in [5.41, 5.74) is 1.28. The third-order valence-electron chi connectivity index (χ3n) is 6.19. The summed E-state index contributed by atoms with van der Waals surface area (Å²) in [5.74, 6) is -3.07. The van der Waals surface area contributed by atoms with Gasteiger partial charge in [0.25, 0.3) is 0 Å². The number of amides is 3. The van der Waals surface area contributed by atoms with E-state index in [0.29, 0.717) is 24.1 Å². The van der Waals surface area contributed by atoms with Crippen LogP contribution in [0.4, 0.5) is 0 Å². The van der Waals surface area contributed by atoms with Gasteiger partial charge in [0.1, 0.15) is 29.6 Å². The van der Waals surface area contributed by atoms with E-state index < -0.39 is 42.0 Å². The van der Waals surface area contributed by atoms with E-state index >= 15 is 0 Å². The molecule has 12 heteroatoms. The van der Waals surface area contributed by atoms with Crippen molar-refractivity contribution in [1.29, 1.82) is 0 Å². The molecule has 0 aromatic heterocycles. The van der Waals surface area contributed by atoms with Crippen molar-refractivity contribution in [3.63, 3.8) is 0 Å². The molecule has 204 valence electrons. The monoisotopic (exact) mass is 544 g/mol. The first kappa shape index (κ1) is 28.8. The van der Waals surface area contributed by atoms with Gasteiger partial charge in [-0.2, -0.15) is 12.6 Å². The van der Waals surface area contributed by atoms with Crippen molar-refractivity contribution >= 4 is 36.3 Å². The number of benzene rings is 2. The fraction of sp³-hybridized carbons (Fsp3) is 0.385. The fourth-order valence-electron chi connectivity index (χ4n) is 4.06. The maximum absolute atomic E-state index is 13.5. The van der Waals surface area contributed by atoms with E-state index in [2.05, 4.69) is 33.9 Å². The maximum Gasteiger partial charge on any atom is 0.327 e. The van der Waals surface area contributed by atoms with E-state index in [1.807, 2.05) is 0 Å². The Labute approximate surface area is 225 Å². The summed E-state index contributed by atoms with van der Waals surface area (Å²) in [7, 11) is 0. The van der Waals surface area contributed by atoms with Crippen LogP contribution in [0.15, 0.2) is 48.5 Å². The number of thiol groups is 1. The zero-order valence-corrected chi connectivity index (χ0v) is 21.5. The first-order chi connectivity index (χ1) is 18.2. The van der Waals surface area contributed by atoms with Gasteiger partial charge in [-0.1, -0.05) is 24.3 Å². The number of phenols is 2. The van der Waals surface area contributed by atoms with Crippen molar-refractivity contribution in [2.24, 2.45) is 0 Å². The van der Waals surface area contributed by atoms with Crippen LogP contribution in [0.3, 0.4) is 0 Å². The smallest absolute Gasteiger partial charge is 0.327 e. The molecule has 1 aliphatic rings. The lowest BCUT2D eigenvalue weighted by molar-refractivity contribution is -0.141. The average Bonchev–Trinajstić information content (AvgIpc) is 3.44. The predicted octanol–water partition coefficient (Wildman–Crippen LogP) is 0.104. The van der Waals surface area contributed by atoms with Crippen molar-refractivity contribution in [1.82, 2.24) is 21.3 Å². The van der Waals surface area contributed by atoms with E-state index in [0.717, 1.165) is 6.42 Å². The molecule has 3 rings (SSSR count). The van der Waals surface area contributed by atoms with Crippen LogP contribution in [0.1, 0.15) is 24.0 Å². The topological polar surface area (TPSA) is 177 Å². The second-order valence-corrected chi connectivity index (χ2v) is 9.46. The zero-order valence-electron chi connectivity index (χ0n) is 20.6. The van der Waals surface area contributed by atoms with Gasteiger partial charge in [-0.05, 0) is 54.8 Å². The van der Waals surface area contributed by atoms with Crippen LogP contribution < -0.4 is 21.3 Å². The highest BCUT2D eigenvalue weighted by Gasteiger charge is 2.31. The quantitative estimate of drug-likeness (QED) is 0.174. The Morgan fingerprint density at radius 1 is 0.816 bits per heavy atom. The van der Waals surface area contributed by atoms with Crippen LogP contribution in [0.2, 0.25) is 0 Å². The second kappa shape index (κ2) is 13.7. The van der Waals surface area contributed by atoms with Crippen LogP contribution in [0, 0.1) is 0 Å². The SMILES string of the molecule is O=C(O)C(CS)NC(=O)C(Cc1ccc(O)cc1)NC(=O)C(Cc1ccc(O)cc1)NC(=O)C1CCCN1. The van der Waals surface area contributed by atoms with Crippen LogP contribution in [0.5, 0.6) is 11.5 Å². The minimum absolute atomic E-state index is 0.000814. The minimum Gasteiger partial charge on any atom is -0.508 e. The highest BCUT2D eigenvalue weighted by atomic mass is 32.1. The lowest BCUT2D eigenvalue weighted by Crippen LogP contribution is -2.58. The zero-order chi connectivity index (χ0) is 27.7. The first-order valence-electron chi connectivity index (χ1n) is 12.2. The number of carboxylic acid groups (broad SMARTS) is 1. The standard InChI is InChI=1S/C26H32N4O7S/c31-17-7-3-15(4-8-17)12-20(28-23(33)19-2-1-11-27-19)24(34)29-21(13-16-5-9-18(32)10-6-16)25(35)30-22(14-38)26(36)37/h3-10,19-22,27,31-32,38H,1-2,11-14H2,(H,28,33)(H,29,34)(H,30,35)(H,36,37). The van der Waals surface area contributed by atoms with Crippen molar-refractivity contribution < 1.29 is 34.5 Å².